The van der Waals surface area contributed by atoms with Crippen LogP contribution < -0.4 is 19.5 Å². The number of nitrogens with one attached hydrogen (secondary N) is 1. The van der Waals surface area contributed by atoms with Gasteiger partial charge in [-0.05, 0) is 30.5 Å². The van der Waals surface area contributed by atoms with Crippen LogP contribution in [0.4, 0.5) is 0 Å². The summed E-state index contributed by atoms with van der Waals surface area (Å²) in [5.41, 5.74) is 1.01. The van der Waals surface area contributed by atoms with Crippen molar-refractivity contribution in [3.8, 4) is 17.2 Å². The van der Waals surface area contributed by atoms with Gasteiger partial charge in [0.05, 0.1) is 21.3 Å². The number of aryl methyl sites for hydroxylation is 1. The van der Waals surface area contributed by atoms with Crippen molar-refractivity contribution in [3.05, 3.63) is 17.7 Å². The summed E-state index contributed by atoms with van der Waals surface area (Å²) in [5, 5.41) is 3.39. The van der Waals surface area contributed by atoms with Gasteiger partial charge in [-0.25, -0.2) is 0 Å². The number of methoxy groups -OCH3 is 3. The molecular weight excluding hydrogens is 382 g/mol. The van der Waals surface area contributed by atoms with Crippen molar-refractivity contribution < 1.29 is 19.0 Å². The molecule has 8 heteroatoms. The lowest BCUT2D eigenvalue weighted by Crippen LogP contribution is -2.49. The molecule has 1 aromatic carbocycles. The van der Waals surface area contributed by atoms with Crippen LogP contribution in [0.15, 0.2) is 12.1 Å². The SMILES string of the molecule is COc1cc(CCC(=O)N2CCC(N3CCNCC3)C2)cc(OC)c1OC.Cl. The molecule has 2 aliphatic rings. The molecule has 1 N–H and O–H groups in total. The third kappa shape index (κ3) is 5.21. The van der Waals surface area contributed by atoms with Crippen LogP contribution >= 0.6 is 12.4 Å². The molecule has 0 spiro atoms. The summed E-state index contributed by atoms with van der Waals surface area (Å²) in [5.74, 6) is 2.05. The van der Waals surface area contributed by atoms with Crippen LogP contribution in [0.25, 0.3) is 0 Å². The first-order valence-corrected chi connectivity index (χ1v) is 9.67. The average Bonchev–Trinajstić information content (AvgIpc) is 3.22. The molecule has 28 heavy (non-hydrogen) atoms. The van der Waals surface area contributed by atoms with E-state index in [1.165, 1.54) is 0 Å². The number of piperazine rings is 1. The summed E-state index contributed by atoms with van der Waals surface area (Å²) in [7, 11) is 4.80. The van der Waals surface area contributed by atoms with Gasteiger partial charge in [0.15, 0.2) is 11.5 Å². The molecule has 0 bridgehead atoms. The summed E-state index contributed by atoms with van der Waals surface area (Å²) in [6, 6.07) is 4.35. The molecule has 158 valence electrons. The summed E-state index contributed by atoms with van der Waals surface area (Å²) in [6.45, 7) is 5.98. The van der Waals surface area contributed by atoms with E-state index in [-0.39, 0.29) is 18.3 Å². The first-order valence-electron chi connectivity index (χ1n) is 9.67. The molecule has 7 nitrogen and oxygen atoms in total. The lowest BCUT2D eigenvalue weighted by atomic mass is 10.1. The largest absolute Gasteiger partial charge is 0.493 e. The van der Waals surface area contributed by atoms with Crippen LogP contribution in [-0.2, 0) is 11.2 Å². The Morgan fingerprint density at radius 1 is 1.07 bits per heavy atom. The third-order valence-corrected chi connectivity index (χ3v) is 5.54. The molecule has 0 radical (unpaired) electrons. The molecule has 3 rings (SSSR count). The van der Waals surface area contributed by atoms with Gasteiger partial charge in [0.25, 0.3) is 0 Å². The topological polar surface area (TPSA) is 63.3 Å². The molecule has 0 saturated carbocycles. The summed E-state index contributed by atoms with van der Waals surface area (Å²) in [4.78, 5) is 17.2. The number of amides is 1. The summed E-state index contributed by atoms with van der Waals surface area (Å²) >= 11 is 0. The normalized spacial score (nSPS) is 19.8. The number of likely N-dealkylation sites (tertiary alicyclic amines) is 1. The Labute approximate surface area is 173 Å². The number of ether oxygens (including phenoxy) is 3. The Kier molecular flexibility index (Phi) is 8.66. The minimum absolute atomic E-state index is 0. The van der Waals surface area contributed by atoms with Crippen molar-refractivity contribution in [3.63, 3.8) is 0 Å². The zero-order chi connectivity index (χ0) is 19.2. The highest BCUT2D eigenvalue weighted by Crippen LogP contribution is 2.38. The standard InChI is InChI=1S/C20H31N3O4.ClH/c1-25-17-12-15(13-18(26-2)20(17)27-3)4-5-19(24)23-9-6-16(14-23)22-10-7-21-8-11-22;/h12-13,16,21H,4-11,14H2,1-3H3;1H. The van der Waals surface area contributed by atoms with Crippen LogP contribution in [0.5, 0.6) is 17.2 Å². The molecule has 1 amide bonds. The van der Waals surface area contributed by atoms with Crippen molar-refractivity contribution >= 4 is 18.3 Å². The van der Waals surface area contributed by atoms with Crippen LogP contribution in [0.1, 0.15) is 18.4 Å². The second-order valence-corrected chi connectivity index (χ2v) is 7.10. The molecule has 1 aromatic rings. The van der Waals surface area contributed by atoms with Gasteiger partial charge in [-0.3, -0.25) is 9.69 Å². The number of rotatable bonds is 7. The minimum atomic E-state index is 0. The highest BCUT2D eigenvalue weighted by atomic mass is 35.5. The van der Waals surface area contributed by atoms with Gasteiger partial charge in [0.1, 0.15) is 0 Å². The molecule has 1 atom stereocenters. The highest BCUT2D eigenvalue weighted by Gasteiger charge is 2.30. The maximum Gasteiger partial charge on any atom is 0.222 e. The molecule has 1 unspecified atom stereocenters. The first kappa shape index (κ1) is 22.6. The Balaban J connectivity index is 0.00000280. The van der Waals surface area contributed by atoms with E-state index in [0.717, 1.165) is 51.3 Å². The number of halogens is 1. The lowest BCUT2D eigenvalue weighted by Gasteiger charge is -2.32. The molecule has 2 saturated heterocycles. The zero-order valence-corrected chi connectivity index (χ0v) is 17.8. The summed E-state index contributed by atoms with van der Waals surface area (Å²) < 4.78 is 16.1. The molecule has 2 aliphatic heterocycles. The maximum absolute atomic E-state index is 12.7. The van der Waals surface area contributed by atoms with E-state index in [1.807, 2.05) is 17.0 Å². The monoisotopic (exact) mass is 413 g/mol. The second kappa shape index (κ2) is 10.7. The van der Waals surface area contributed by atoms with E-state index in [1.54, 1.807) is 21.3 Å². The Morgan fingerprint density at radius 2 is 1.71 bits per heavy atom. The number of nitrogens with zero attached hydrogens (tertiary/aromatic N) is 2. The minimum Gasteiger partial charge on any atom is -0.493 e. The molecule has 0 aromatic heterocycles. The lowest BCUT2D eigenvalue weighted by molar-refractivity contribution is -0.130. The van der Waals surface area contributed by atoms with Crippen molar-refractivity contribution in [1.29, 1.82) is 0 Å². The van der Waals surface area contributed by atoms with Crippen molar-refractivity contribution in [2.75, 3.05) is 60.6 Å². The predicted octanol–water partition coefficient (Wildman–Crippen LogP) is 1.57. The van der Waals surface area contributed by atoms with Crippen molar-refractivity contribution in [2.45, 2.75) is 25.3 Å². The van der Waals surface area contributed by atoms with Crippen LogP contribution in [-0.4, -0.2) is 82.3 Å². The van der Waals surface area contributed by atoms with E-state index < -0.39 is 0 Å². The number of hydrogen-bond acceptors (Lipinski definition) is 6. The van der Waals surface area contributed by atoms with Gasteiger partial charge < -0.3 is 24.4 Å². The van der Waals surface area contributed by atoms with Gasteiger partial charge in [0.2, 0.25) is 11.7 Å². The fourth-order valence-corrected chi connectivity index (χ4v) is 4.00. The Bertz CT molecular complexity index is 627. The van der Waals surface area contributed by atoms with E-state index in [2.05, 4.69) is 10.2 Å². The van der Waals surface area contributed by atoms with Gasteiger partial charge in [-0.2, -0.15) is 0 Å². The Hall–Kier alpha value is -1.70. The Morgan fingerprint density at radius 3 is 2.29 bits per heavy atom. The van der Waals surface area contributed by atoms with Gasteiger partial charge in [-0.1, -0.05) is 0 Å². The number of carbonyl (C=O) groups is 1. The molecule has 0 aliphatic carbocycles. The smallest absolute Gasteiger partial charge is 0.222 e. The van der Waals surface area contributed by atoms with Gasteiger partial charge in [-0.15, -0.1) is 12.4 Å². The van der Waals surface area contributed by atoms with Crippen molar-refractivity contribution in [2.24, 2.45) is 0 Å². The van der Waals surface area contributed by atoms with Crippen LogP contribution in [0.3, 0.4) is 0 Å². The second-order valence-electron chi connectivity index (χ2n) is 7.10. The number of hydrogen-bond donors (Lipinski definition) is 1. The quantitative estimate of drug-likeness (QED) is 0.732. The van der Waals surface area contributed by atoms with Crippen molar-refractivity contribution in [1.82, 2.24) is 15.1 Å². The average molecular weight is 414 g/mol. The highest BCUT2D eigenvalue weighted by molar-refractivity contribution is 5.85. The number of benzene rings is 1. The number of carbonyl (C=O) groups excluding carboxylic acids is 1. The van der Waals surface area contributed by atoms with E-state index in [0.29, 0.717) is 36.1 Å². The van der Waals surface area contributed by atoms with Gasteiger partial charge >= 0.3 is 0 Å². The fourth-order valence-electron chi connectivity index (χ4n) is 4.00. The predicted molar refractivity (Wildman–Crippen MR) is 111 cm³/mol. The van der Waals surface area contributed by atoms with Crippen LogP contribution in [0, 0.1) is 0 Å². The van der Waals surface area contributed by atoms with Crippen LogP contribution in [0.2, 0.25) is 0 Å². The first-order chi connectivity index (χ1) is 13.2. The molecule has 2 heterocycles. The fraction of sp³-hybridized carbons (Fsp3) is 0.650. The third-order valence-electron chi connectivity index (χ3n) is 5.54. The summed E-state index contributed by atoms with van der Waals surface area (Å²) in [6.07, 6.45) is 2.23. The van der Waals surface area contributed by atoms with E-state index in [9.17, 15) is 4.79 Å². The molecule has 2 fully saturated rings. The maximum atomic E-state index is 12.7. The molecular formula is C20H32ClN3O4. The zero-order valence-electron chi connectivity index (χ0n) is 17.0. The van der Waals surface area contributed by atoms with Gasteiger partial charge in [0, 0.05) is 51.7 Å². The van der Waals surface area contributed by atoms with E-state index >= 15 is 0 Å². The van der Waals surface area contributed by atoms with E-state index in [4.69, 9.17) is 14.2 Å².